The number of nitrogens with zero attached hydrogens (tertiary/aromatic N) is 2. The molecule has 0 spiro atoms. The number of fused-ring (bicyclic) bond motifs is 1. The lowest BCUT2D eigenvalue weighted by Gasteiger charge is -2.31. The first-order chi connectivity index (χ1) is 13.0. The van der Waals surface area contributed by atoms with E-state index in [9.17, 15) is 20.6 Å². The SMILES string of the molecule is C[C@H]1c2onc(-c3ccc(-c4ccccc4O)cc3)c2C(O)C(C#N)C1O. The summed E-state index contributed by atoms with van der Waals surface area (Å²) in [6, 6.07) is 16.4. The molecule has 1 aliphatic carbocycles. The fourth-order valence-corrected chi connectivity index (χ4v) is 3.64. The zero-order valence-corrected chi connectivity index (χ0v) is 14.6. The van der Waals surface area contributed by atoms with Crippen molar-refractivity contribution in [1.82, 2.24) is 5.16 Å². The van der Waals surface area contributed by atoms with Gasteiger partial charge in [-0.3, -0.25) is 0 Å². The number of rotatable bonds is 2. The van der Waals surface area contributed by atoms with Crippen LogP contribution in [0.15, 0.2) is 53.1 Å². The molecule has 3 aromatic rings. The van der Waals surface area contributed by atoms with Gasteiger partial charge < -0.3 is 19.8 Å². The average Bonchev–Trinajstić information content (AvgIpc) is 3.13. The second-order valence-corrected chi connectivity index (χ2v) is 6.78. The second-order valence-electron chi connectivity index (χ2n) is 6.78. The monoisotopic (exact) mass is 362 g/mol. The molecule has 3 unspecified atom stereocenters. The lowest BCUT2D eigenvalue weighted by Crippen LogP contribution is -2.35. The normalized spacial score (nSPS) is 24.2. The van der Waals surface area contributed by atoms with Crippen LogP contribution in [0, 0.1) is 17.2 Å². The maximum atomic E-state index is 10.6. The molecule has 0 radical (unpaired) electrons. The van der Waals surface area contributed by atoms with Crippen molar-refractivity contribution in [1.29, 1.82) is 5.26 Å². The summed E-state index contributed by atoms with van der Waals surface area (Å²) in [4.78, 5) is 0. The van der Waals surface area contributed by atoms with Gasteiger partial charge in [0.25, 0.3) is 0 Å². The minimum Gasteiger partial charge on any atom is -0.507 e. The molecular weight excluding hydrogens is 344 g/mol. The number of benzene rings is 2. The fourth-order valence-electron chi connectivity index (χ4n) is 3.64. The zero-order chi connectivity index (χ0) is 19.1. The Hall–Kier alpha value is -3.14. The summed E-state index contributed by atoms with van der Waals surface area (Å²) in [7, 11) is 0. The number of phenolic OH excluding ortho intramolecular Hbond substituents is 1. The molecule has 1 aliphatic rings. The minimum atomic E-state index is -1.17. The van der Waals surface area contributed by atoms with Crippen molar-refractivity contribution < 1.29 is 19.8 Å². The maximum absolute atomic E-state index is 10.6. The van der Waals surface area contributed by atoms with Crippen LogP contribution in [0.3, 0.4) is 0 Å². The van der Waals surface area contributed by atoms with Crippen LogP contribution in [0.1, 0.15) is 30.3 Å². The third kappa shape index (κ3) is 2.69. The van der Waals surface area contributed by atoms with Crippen molar-refractivity contribution in [3.63, 3.8) is 0 Å². The third-order valence-electron chi connectivity index (χ3n) is 5.21. The van der Waals surface area contributed by atoms with E-state index in [-0.39, 0.29) is 5.75 Å². The standard InChI is InChI=1S/C21H18N2O4/c1-11-19(25)15(10-22)20(26)17-18(23-27-21(11)17)13-8-6-12(7-9-13)14-4-2-3-5-16(14)24/h2-9,11,15,19-20,24-26H,1H3/t11-,15?,19?,20?/m1/s1. The van der Waals surface area contributed by atoms with E-state index in [4.69, 9.17) is 4.52 Å². The average molecular weight is 362 g/mol. The molecular formula is C21H18N2O4. The number of hydrogen-bond donors (Lipinski definition) is 3. The summed E-state index contributed by atoms with van der Waals surface area (Å²) in [6.45, 7) is 1.75. The Morgan fingerprint density at radius 2 is 1.70 bits per heavy atom. The number of aromatic nitrogens is 1. The van der Waals surface area contributed by atoms with Crippen molar-refractivity contribution in [2.45, 2.75) is 25.0 Å². The second kappa shape index (κ2) is 6.54. The molecule has 4 rings (SSSR count). The highest BCUT2D eigenvalue weighted by Gasteiger charge is 2.44. The van der Waals surface area contributed by atoms with E-state index >= 15 is 0 Å². The highest BCUT2D eigenvalue weighted by atomic mass is 16.5. The molecule has 27 heavy (non-hydrogen) atoms. The molecule has 6 heteroatoms. The smallest absolute Gasteiger partial charge is 0.148 e. The van der Waals surface area contributed by atoms with Crippen molar-refractivity contribution in [3.8, 4) is 34.2 Å². The summed E-state index contributed by atoms with van der Waals surface area (Å²) >= 11 is 0. The summed E-state index contributed by atoms with van der Waals surface area (Å²) in [5.74, 6) is -0.776. The molecule has 6 nitrogen and oxygen atoms in total. The number of para-hydroxylation sites is 1. The van der Waals surface area contributed by atoms with Crippen molar-refractivity contribution in [2.24, 2.45) is 5.92 Å². The van der Waals surface area contributed by atoms with E-state index in [2.05, 4.69) is 5.16 Å². The molecule has 0 saturated heterocycles. The predicted molar refractivity (Wildman–Crippen MR) is 97.5 cm³/mol. The predicted octanol–water partition coefficient (Wildman–Crippen LogP) is 3.37. The van der Waals surface area contributed by atoms with Gasteiger partial charge in [0, 0.05) is 17.0 Å². The van der Waals surface area contributed by atoms with Crippen LogP contribution in [-0.4, -0.2) is 26.6 Å². The highest BCUT2D eigenvalue weighted by molar-refractivity contribution is 5.74. The van der Waals surface area contributed by atoms with Gasteiger partial charge in [-0.05, 0) is 11.6 Å². The van der Waals surface area contributed by atoms with Gasteiger partial charge in [-0.25, -0.2) is 0 Å². The lowest BCUT2D eigenvalue weighted by molar-refractivity contribution is 0.00701. The van der Waals surface area contributed by atoms with Crippen LogP contribution in [0.25, 0.3) is 22.4 Å². The Kier molecular flexibility index (Phi) is 4.19. The summed E-state index contributed by atoms with van der Waals surface area (Å²) in [5, 5.41) is 44.2. The van der Waals surface area contributed by atoms with E-state index in [1.165, 1.54) is 0 Å². The Morgan fingerprint density at radius 1 is 1.04 bits per heavy atom. The molecule has 4 atom stereocenters. The van der Waals surface area contributed by atoms with Gasteiger partial charge in [0.2, 0.25) is 0 Å². The number of nitriles is 1. The lowest BCUT2D eigenvalue weighted by atomic mass is 9.76. The van der Waals surface area contributed by atoms with E-state index in [0.29, 0.717) is 22.6 Å². The maximum Gasteiger partial charge on any atom is 0.148 e. The van der Waals surface area contributed by atoms with Gasteiger partial charge in [-0.15, -0.1) is 0 Å². The van der Waals surface area contributed by atoms with E-state index in [0.717, 1.165) is 11.1 Å². The molecule has 3 N–H and O–H groups in total. The van der Waals surface area contributed by atoms with Gasteiger partial charge in [0.05, 0.1) is 17.7 Å². The van der Waals surface area contributed by atoms with E-state index < -0.39 is 24.0 Å². The van der Waals surface area contributed by atoms with Crippen molar-refractivity contribution >= 4 is 0 Å². The first kappa shape index (κ1) is 17.3. The minimum absolute atomic E-state index is 0.194. The highest BCUT2D eigenvalue weighted by Crippen LogP contribution is 2.45. The van der Waals surface area contributed by atoms with Crippen molar-refractivity contribution in [3.05, 3.63) is 59.9 Å². The molecule has 1 heterocycles. The summed E-state index contributed by atoms with van der Waals surface area (Å²) < 4.78 is 5.40. The van der Waals surface area contributed by atoms with Crippen LogP contribution in [0.4, 0.5) is 0 Å². The topological polar surface area (TPSA) is 111 Å². The van der Waals surface area contributed by atoms with Crippen molar-refractivity contribution in [2.75, 3.05) is 0 Å². The van der Waals surface area contributed by atoms with Crippen LogP contribution >= 0.6 is 0 Å². The fraction of sp³-hybridized carbons (Fsp3) is 0.238. The van der Waals surface area contributed by atoms with Gasteiger partial charge >= 0.3 is 0 Å². The van der Waals surface area contributed by atoms with E-state index in [1.807, 2.05) is 42.5 Å². The van der Waals surface area contributed by atoms with Crippen LogP contribution in [-0.2, 0) is 0 Å². The first-order valence-electron chi connectivity index (χ1n) is 8.67. The molecule has 0 bridgehead atoms. The molecule has 0 saturated carbocycles. The largest absolute Gasteiger partial charge is 0.507 e. The van der Waals surface area contributed by atoms with Crippen LogP contribution in [0.5, 0.6) is 5.75 Å². The van der Waals surface area contributed by atoms with E-state index in [1.54, 1.807) is 19.1 Å². The third-order valence-corrected chi connectivity index (χ3v) is 5.21. The van der Waals surface area contributed by atoms with Crippen LogP contribution in [0.2, 0.25) is 0 Å². The Bertz CT molecular complexity index is 1020. The van der Waals surface area contributed by atoms with Gasteiger partial charge in [0.1, 0.15) is 29.2 Å². The van der Waals surface area contributed by atoms with Gasteiger partial charge in [-0.1, -0.05) is 54.5 Å². The molecule has 2 aromatic carbocycles. The number of hydrogen-bond acceptors (Lipinski definition) is 6. The Labute approximate surface area is 155 Å². The molecule has 1 aromatic heterocycles. The first-order valence-corrected chi connectivity index (χ1v) is 8.67. The number of aliphatic hydroxyl groups is 2. The molecule has 0 amide bonds. The summed E-state index contributed by atoms with van der Waals surface area (Å²) in [5.41, 5.74) is 3.19. The van der Waals surface area contributed by atoms with Gasteiger partial charge in [0.15, 0.2) is 0 Å². The number of phenols is 1. The van der Waals surface area contributed by atoms with Crippen LogP contribution < -0.4 is 0 Å². The number of aromatic hydroxyl groups is 1. The molecule has 136 valence electrons. The quantitative estimate of drug-likeness (QED) is 0.645. The number of aliphatic hydroxyl groups excluding tert-OH is 2. The van der Waals surface area contributed by atoms with Gasteiger partial charge in [-0.2, -0.15) is 5.26 Å². The Balaban J connectivity index is 1.75. The molecule has 0 fully saturated rings. The molecule has 0 aliphatic heterocycles. The summed E-state index contributed by atoms with van der Waals surface area (Å²) in [6.07, 6.45) is -2.18. The Morgan fingerprint density at radius 3 is 2.37 bits per heavy atom. The zero-order valence-electron chi connectivity index (χ0n) is 14.6.